The average Bonchev–Trinajstić information content (AvgIpc) is 2.99. The smallest absolute Gasteiger partial charge is 0.311 e. The third kappa shape index (κ3) is 8.19. The van der Waals surface area contributed by atoms with Crippen LogP contribution in [0.15, 0.2) is 79.4 Å². The molecule has 3 aromatic rings. The van der Waals surface area contributed by atoms with Crippen molar-refractivity contribution in [2.24, 2.45) is 10.8 Å². The Balaban J connectivity index is 1.66. The van der Waals surface area contributed by atoms with Crippen molar-refractivity contribution in [1.29, 1.82) is 0 Å². The molecule has 2 atom stereocenters. The maximum absolute atomic E-state index is 12.8. The first-order valence-electron chi connectivity index (χ1n) is 13.9. The number of aromatic hydroxyl groups is 1. The summed E-state index contributed by atoms with van der Waals surface area (Å²) in [6, 6.07) is 20.5. The first-order chi connectivity index (χ1) is 20.3. The van der Waals surface area contributed by atoms with Gasteiger partial charge in [0.2, 0.25) is 5.91 Å². The van der Waals surface area contributed by atoms with Gasteiger partial charge >= 0.3 is 11.9 Å². The van der Waals surface area contributed by atoms with Gasteiger partial charge in [-0.15, -0.1) is 0 Å². The van der Waals surface area contributed by atoms with Gasteiger partial charge in [0.05, 0.1) is 30.1 Å². The SMILES string of the molecule is [CH]C(C)(CC(C)(CCC(=O)Nc1ccc(C(=C)c2ccc(C(=O)c3ccccc3)c(O)c2)cc1)C(=O)OCC)C(=O)OC. The van der Waals surface area contributed by atoms with Crippen LogP contribution in [-0.2, 0) is 23.9 Å². The molecular weight excluding hydrogens is 546 g/mol. The topological polar surface area (TPSA) is 119 Å². The van der Waals surface area contributed by atoms with Crippen LogP contribution in [0, 0.1) is 17.8 Å². The number of carbonyl (C=O) groups is 4. The fourth-order valence-electron chi connectivity index (χ4n) is 4.87. The Morgan fingerprint density at radius 1 is 0.907 bits per heavy atom. The van der Waals surface area contributed by atoms with Crippen LogP contribution < -0.4 is 5.32 Å². The van der Waals surface area contributed by atoms with Crippen molar-refractivity contribution in [1.82, 2.24) is 0 Å². The lowest BCUT2D eigenvalue weighted by atomic mass is 9.71. The van der Waals surface area contributed by atoms with Crippen LogP contribution in [0.5, 0.6) is 5.75 Å². The van der Waals surface area contributed by atoms with Crippen LogP contribution in [0.25, 0.3) is 5.57 Å². The highest BCUT2D eigenvalue weighted by Gasteiger charge is 2.44. The van der Waals surface area contributed by atoms with E-state index >= 15 is 0 Å². The second-order valence-electron chi connectivity index (χ2n) is 10.9. The summed E-state index contributed by atoms with van der Waals surface area (Å²) < 4.78 is 9.99. The van der Waals surface area contributed by atoms with Crippen molar-refractivity contribution in [2.75, 3.05) is 19.0 Å². The molecule has 224 valence electrons. The number of benzene rings is 3. The molecule has 1 amide bonds. The second-order valence-corrected chi connectivity index (χ2v) is 10.9. The molecule has 3 aromatic carbocycles. The van der Waals surface area contributed by atoms with Crippen LogP contribution in [0.3, 0.4) is 0 Å². The number of esters is 2. The number of phenols is 1. The van der Waals surface area contributed by atoms with Crippen LogP contribution >= 0.6 is 0 Å². The molecule has 0 bridgehead atoms. The summed E-state index contributed by atoms with van der Waals surface area (Å²) in [5, 5.41) is 13.4. The van der Waals surface area contributed by atoms with Crippen molar-refractivity contribution in [2.45, 2.75) is 40.0 Å². The first kappa shape index (κ1) is 32.8. The molecule has 2 unspecified atom stereocenters. The Hall–Kier alpha value is -4.72. The summed E-state index contributed by atoms with van der Waals surface area (Å²) >= 11 is 0. The van der Waals surface area contributed by atoms with Gasteiger partial charge in [-0.2, -0.15) is 0 Å². The minimum Gasteiger partial charge on any atom is -0.507 e. The molecule has 8 heteroatoms. The monoisotopic (exact) mass is 583 g/mol. The van der Waals surface area contributed by atoms with Gasteiger partial charge in [-0.05, 0) is 81.5 Å². The minimum absolute atomic E-state index is 0.0195. The predicted molar refractivity (Wildman–Crippen MR) is 164 cm³/mol. The number of nitrogens with one attached hydrogen (secondary N) is 1. The molecule has 0 spiro atoms. The van der Waals surface area contributed by atoms with Gasteiger partial charge in [0.15, 0.2) is 5.78 Å². The van der Waals surface area contributed by atoms with E-state index < -0.39 is 22.8 Å². The van der Waals surface area contributed by atoms with Crippen molar-refractivity contribution in [3.05, 3.63) is 109 Å². The van der Waals surface area contributed by atoms with Gasteiger partial charge in [0, 0.05) is 17.7 Å². The van der Waals surface area contributed by atoms with E-state index in [-0.39, 0.29) is 48.9 Å². The summed E-state index contributed by atoms with van der Waals surface area (Å²) in [4.78, 5) is 50.5. The van der Waals surface area contributed by atoms with Gasteiger partial charge in [-0.3, -0.25) is 19.2 Å². The number of methoxy groups -OCH3 is 1. The quantitative estimate of drug-likeness (QED) is 0.180. The number of hydrogen-bond acceptors (Lipinski definition) is 7. The van der Waals surface area contributed by atoms with Crippen LogP contribution in [0.2, 0.25) is 0 Å². The molecular formula is C35H37NO7. The van der Waals surface area contributed by atoms with Gasteiger partial charge in [0.25, 0.3) is 0 Å². The molecule has 0 aliphatic carbocycles. The molecule has 0 aromatic heterocycles. The third-order valence-electron chi connectivity index (χ3n) is 7.23. The molecule has 0 heterocycles. The highest BCUT2D eigenvalue weighted by molar-refractivity contribution is 6.10. The molecule has 8 nitrogen and oxygen atoms in total. The number of ether oxygens (including phenoxy) is 2. The van der Waals surface area contributed by atoms with Crippen molar-refractivity contribution >= 4 is 34.9 Å². The predicted octanol–water partition coefficient (Wildman–Crippen LogP) is 6.25. The lowest BCUT2D eigenvalue weighted by molar-refractivity contribution is -0.160. The minimum atomic E-state index is -1.44. The first-order valence-corrected chi connectivity index (χ1v) is 13.9. The molecule has 0 saturated heterocycles. The maximum atomic E-state index is 12.8. The number of ketones is 1. The fourth-order valence-corrected chi connectivity index (χ4v) is 4.87. The van der Waals surface area contributed by atoms with E-state index in [1.54, 1.807) is 74.5 Å². The van der Waals surface area contributed by atoms with Crippen molar-refractivity contribution in [3.8, 4) is 5.75 Å². The molecule has 2 N–H and O–H groups in total. The Kier molecular flexibility index (Phi) is 10.6. The Morgan fingerprint density at radius 2 is 1.53 bits per heavy atom. The molecule has 2 radical (unpaired) electrons. The Labute approximate surface area is 252 Å². The highest BCUT2D eigenvalue weighted by Crippen LogP contribution is 2.39. The zero-order valence-electron chi connectivity index (χ0n) is 24.9. The van der Waals surface area contributed by atoms with Crippen molar-refractivity contribution < 1.29 is 33.8 Å². The molecule has 43 heavy (non-hydrogen) atoms. The van der Waals surface area contributed by atoms with E-state index in [0.717, 1.165) is 5.56 Å². The van der Waals surface area contributed by atoms with Crippen molar-refractivity contribution in [3.63, 3.8) is 0 Å². The Bertz CT molecular complexity index is 1490. The zero-order valence-corrected chi connectivity index (χ0v) is 24.9. The van der Waals surface area contributed by atoms with E-state index in [4.69, 9.17) is 16.4 Å². The van der Waals surface area contributed by atoms with E-state index in [0.29, 0.717) is 22.4 Å². The highest BCUT2D eigenvalue weighted by atomic mass is 16.5. The Morgan fingerprint density at radius 3 is 2.12 bits per heavy atom. The molecule has 0 aliphatic heterocycles. The van der Waals surface area contributed by atoms with E-state index in [9.17, 15) is 24.3 Å². The molecule has 3 rings (SSSR count). The summed E-state index contributed by atoms with van der Waals surface area (Å²) in [7, 11) is 1.22. The number of carbonyl (C=O) groups excluding carboxylic acids is 4. The summed E-state index contributed by atoms with van der Waals surface area (Å²) in [6.07, 6.45) is 0.0174. The van der Waals surface area contributed by atoms with E-state index in [2.05, 4.69) is 11.9 Å². The largest absolute Gasteiger partial charge is 0.507 e. The number of rotatable bonds is 13. The number of amides is 1. The maximum Gasteiger partial charge on any atom is 0.311 e. The molecule has 0 saturated carbocycles. The molecule has 0 fully saturated rings. The number of anilines is 1. The molecule has 0 aliphatic rings. The van der Waals surface area contributed by atoms with Gasteiger partial charge < -0.3 is 19.9 Å². The zero-order chi connectivity index (χ0) is 31.8. The van der Waals surface area contributed by atoms with Crippen LogP contribution in [0.1, 0.15) is 67.1 Å². The van der Waals surface area contributed by atoms with Crippen LogP contribution in [-0.4, -0.2) is 42.5 Å². The number of phenolic OH excluding ortho intramolecular Hbond substituents is 1. The lowest BCUT2D eigenvalue weighted by Gasteiger charge is -2.33. The van der Waals surface area contributed by atoms with E-state index in [1.807, 2.05) is 6.07 Å². The van der Waals surface area contributed by atoms with Gasteiger partial charge in [-0.1, -0.05) is 55.1 Å². The second kappa shape index (κ2) is 14.0. The fraction of sp³-hybridized carbons (Fsp3) is 0.286. The summed E-state index contributed by atoms with van der Waals surface area (Å²) in [6.45, 7) is 15.2. The van der Waals surface area contributed by atoms with E-state index in [1.165, 1.54) is 20.1 Å². The number of hydrogen-bond donors (Lipinski definition) is 2. The summed E-state index contributed by atoms with van der Waals surface area (Å²) in [5.74, 6) is -1.97. The average molecular weight is 584 g/mol. The van der Waals surface area contributed by atoms with Crippen LogP contribution in [0.4, 0.5) is 5.69 Å². The lowest BCUT2D eigenvalue weighted by Crippen LogP contribution is -2.39. The van der Waals surface area contributed by atoms with Gasteiger partial charge in [0.1, 0.15) is 5.75 Å². The standard InChI is InChI=1S/C35H37NO7/c1-7-43-33(41)35(5,22-34(3,4)32(40)42-6)20-19-30(38)36-27-16-13-24(14-17-27)23(2)26-15-18-28(29(37)21-26)31(39)25-11-9-8-10-12-25/h3,8-18,21,37H,2,7,19-20,22H2,1,4-6H3,(H,36,38). The normalized spacial score (nSPS) is 12.5. The van der Waals surface area contributed by atoms with Gasteiger partial charge in [-0.25, -0.2) is 0 Å². The summed E-state index contributed by atoms with van der Waals surface area (Å²) in [5.41, 5.74) is 0.568. The third-order valence-corrected chi connectivity index (χ3v) is 7.23.